The molecule has 25 heavy (non-hydrogen) atoms. The van der Waals surface area contributed by atoms with Gasteiger partial charge in [0.05, 0.1) is 19.2 Å². The lowest BCUT2D eigenvalue weighted by Gasteiger charge is -2.03. The average Bonchev–Trinajstić information content (AvgIpc) is 3.11. The van der Waals surface area contributed by atoms with E-state index in [0.717, 1.165) is 40.2 Å². The Labute approximate surface area is 150 Å². The van der Waals surface area contributed by atoms with Crippen molar-refractivity contribution in [1.29, 1.82) is 0 Å². The number of hydrogen-bond donors (Lipinski definition) is 2. The van der Waals surface area contributed by atoms with Crippen molar-refractivity contribution < 1.29 is 9.53 Å². The monoisotopic (exact) mass is 355 g/mol. The lowest BCUT2D eigenvalue weighted by molar-refractivity contribution is -0.115. The van der Waals surface area contributed by atoms with Gasteiger partial charge in [0.25, 0.3) is 0 Å². The quantitative estimate of drug-likeness (QED) is 0.693. The average molecular weight is 355 g/mol. The molecule has 0 atom stereocenters. The summed E-state index contributed by atoms with van der Waals surface area (Å²) in [7, 11) is 1.65. The van der Waals surface area contributed by atoms with Crippen LogP contribution in [0.3, 0.4) is 0 Å². The van der Waals surface area contributed by atoms with Crippen molar-refractivity contribution in [1.82, 2.24) is 9.97 Å². The number of aromatic amines is 1. The number of thiazole rings is 1. The second-order valence-electron chi connectivity index (χ2n) is 6.40. The molecule has 0 radical (unpaired) electrons. The number of fused-ring (bicyclic) bond motifs is 2. The van der Waals surface area contributed by atoms with E-state index in [1.165, 1.54) is 29.8 Å². The number of amides is 1. The van der Waals surface area contributed by atoms with Crippen molar-refractivity contribution in [2.75, 3.05) is 12.4 Å². The van der Waals surface area contributed by atoms with Crippen molar-refractivity contribution in [3.8, 4) is 5.75 Å². The van der Waals surface area contributed by atoms with Crippen LogP contribution in [0.15, 0.2) is 24.4 Å². The summed E-state index contributed by atoms with van der Waals surface area (Å²) in [5.41, 5.74) is 3.14. The van der Waals surface area contributed by atoms with Crippen LogP contribution >= 0.6 is 11.3 Å². The SMILES string of the molecule is COc1ccc2[nH]cc(CC(=O)Nc3nc4c(s3)CCCCC4)c2c1. The second kappa shape index (κ2) is 6.88. The summed E-state index contributed by atoms with van der Waals surface area (Å²) >= 11 is 1.63. The fourth-order valence-corrected chi connectivity index (χ4v) is 4.42. The highest BCUT2D eigenvalue weighted by molar-refractivity contribution is 7.15. The molecule has 0 fully saturated rings. The Kier molecular flexibility index (Phi) is 4.44. The standard InChI is InChI=1S/C19H21N3O2S/c1-24-13-7-8-15-14(10-13)12(11-20-15)9-18(23)22-19-21-16-5-3-2-4-6-17(16)25-19/h7-8,10-11,20H,2-6,9H2,1H3,(H,21,22,23). The molecule has 2 heterocycles. The summed E-state index contributed by atoms with van der Waals surface area (Å²) in [6.45, 7) is 0. The third kappa shape index (κ3) is 3.39. The summed E-state index contributed by atoms with van der Waals surface area (Å²) < 4.78 is 5.28. The second-order valence-corrected chi connectivity index (χ2v) is 7.48. The van der Waals surface area contributed by atoms with Crippen molar-refractivity contribution in [3.05, 3.63) is 40.5 Å². The first-order valence-corrected chi connectivity index (χ1v) is 9.47. The number of aryl methyl sites for hydroxylation is 2. The smallest absolute Gasteiger partial charge is 0.230 e. The van der Waals surface area contributed by atoms with Crippen LogP contribution in [0, 0.1) is 0 Å². The molecule has 3 aromatic rings. The molecule has 1 aliphatic rings. The zero-order valence-corrected chi connectivity index (χ0v) is 15.0. The van der Waals surface area contributed by atoms with E-state index in [-0.39, 0.29) is 5.91 Å². The van der Waals surface area contributed by atoms with Crippen LogP contribution in [0.2, 0.25) is 0 Å². The van der Waals surface area contributed by atoms with Gasteiger partial charge in [0.1, 0.15) is 5.75 Å². The van der Waals surface area contributed by atoms with Crippen LogP contribution < -0.4 is 10.1 Å². The van der Waals surface area contributed by atoms with Gasteiger partial charge < -0.3 is 15.0 Å². The van der Waals surface area contributed by atoms with Crippen molar-refractivity contribution in [2.24, 2.45) is 0 Å². The maximum absolute atomic E-state index is 12.5. The third-order valence-corrected chi connectivity index (χ3v) is 5.74. The maximum atomic E-state index is 12.5. The van der Waals surface area contributed by atoms with Gasteiger partial charge in [0.2, 0.25) is 5.91 Å². The summed E-state index contributed by atoms with van der Waals surface area (Å²) in [5, 5.41) is 4.72. The molecule has 1 aliphatic carbocycles. The first kappa shape index (κ1) is 16.1. The zero-order valence-electron chi connectivity index (χ0n) is 14.2. The number of benzene rings is 1. The molecule has 0 bridgehead atoms. The van der Waals surface area contributed by atoms with Crippen LogP contribution in [0.25, 0.3) is 10.9 Å². The van der Waals surface area contributed by atoms with Gasteiger partial charge in [-0.25, -0.2) is 4.98 Å². The van der Waals surface area contributed by atoms with Crippen LogP contribution in [0.1, 0.15) is 35.4 Å². The molecular formula is C19H21N3O2S. The highest BCUT2D eigenvalue weighted by Crippen LogP contribution is 2.29. The fourth-order valence-electron chi connectivity index (χ4n) is 3.35. The minimum absolute atomic E-state index is 0.0346. The molecule has 2 N–H and O–H groups in total. The van der Waals surface area contributed by atoms with E-state index >= 15 is 0 Å². The molecule has 0 saturated carbocycles. The molecule has 0 aliphatic heterocycles. The van der Waals surface area contributed by atoms with E-state index in [4.69, 9.17) is 4.74 Å². The summed E-state index contributed by atoms with van der Waals surface area (Å²) in [6.07, 6.45) is 8.02. The van der Waals surface area contributed by atoms with Gasteiger partial charge in [-0.1, -0.05) is 6.42 Å². The summed E-state index contributed by atoms with van der Waals surface area (Å²) in [6, 6.07) is 5.83. The number of rotatable bonds is 4. The highest BCUT2D eigenvalue weighted by atomic mass is 32.1. The van der Waals surface area contributed by atoms with Crippen LogP contribution in [-0.2, 0) is 24.1 Å². The lowest BCUT2D eigenvalue weighted by atomic mass is 10.1. The molecular weight excluding hydrogens is 334 g/mol. The van der Waals surface area contributed by atoms with Gasteiger partial charge in [0.15, 0.2) is 5.13 Å². The Morgan fingerprint density at radius 3 is 3.08 bits per heavy atom. The Morgan fingerprint density at radius 1 is 1.32 bits per heavy atom. The van der Waals surface area contributed by atoms with Crippen molar-refractivity contribution in [3.63, 3.8) is 0 Å². The topological polar surface area (TPSA) is 67.0 Å². The number of carbonyl (C=O) groups excluding carboxylic acids is 1. The van der Waals surface area contributed by atoms with E-state index in [0.29, 0.717) is 6.42 Å². The van der Waals surface area contributed by atoms with Gasteiger partial charge in [-0.15, -0.1) is 11.3 Å². The number of hydrogen-bond acceptors (Lipinski definition) is 4. The fraction of sp³-hybridized carbons (Fsp3) is 0.368. The Bertz CT molecular complexity index is 889. The van der Waals surface area contributed by atoms with Gasteiger partial charge >= 0.3 is 0 Å². The first-order valence-electron chi connectivity index (χ1n) is 8.65. The molecule has 1 aromatic carbocycles. The Morgan fingerprint density at radius 2 is 2.20 bits per heavy atom. The van der Waals surface area contributed by atoms with E-state index in [9.17, 15) is 4.79 Å². The number of aromatic nitrogens is 2. The van der Waals surface area contributed by atoms with E-state index < -0.39 is 0 Å². The van der Waals surface area contributed by atoms with Crippen molar-refractivity contribution >= 4 is 33.3 Å². The number of methoxy groups -OCH3 is 1. The zero-order chi connectivity index (χ0) is 17.2. The van der Waals surface area contributed by atoms with Crippen LogP contribution in [-0.4, -0.2) is 23.0 Å². The van der Waals surface area contributed by atoms with Gasteiger partial charge in [-0.2, -0.15) is 0 Å². The molecule has 5 nitrogen and oxygen atoms in total. The molecule has 6 heteroatoms. The number of H-pyrrole nitrogens is 1. The number of nitrogens with one attached hydrogen (secondary N) is 2. The Balaban J connectivity index is 1.49. The van der Waals surface area contributed by atoms with Gasteiger partial charge in [-0.05, 0) is 49.4 Å². The summed E-state index contributed by atoms with van der Waals surface area (Å²) in [5.74, 6) is 0.755. The normalized spacial score (nSPS) is 14.1. The predicted molar refractivity (Wildman–Crippen MR) is 101 cm³/mol. The number of carbonyl (C=O) groups is 1. The molecule has 130 valence electrons. The van der Waals surface area contributed by atoms with E-state index in [1.807, 2.05) is 24.4 Å². The minimum atomic E-state index is -0.0346. The molecule has 2 aromatic heterocycles. The molecule has 4 rings (SSSR count). The minimum Gasteiger partial charge on any atom is -0.497 e. The van der Waals surface area contributed by atoms with Crippen molar-refractivity contribution in [2.45, 2.75) is 38.5 Å². The molecule has 1 amide bonds. The van der Waals surface area contributed by atoms with Crippen LogP contribution in [0.5, 0.6) is 5.75 Å². The Hall–Kier alpha value is -2.34. The number of anilines is 1. The largest absolute Gasteiger partial charge is 0.497 e. The number of ether oxygens (including phenoxy) is 1. The highest BCUT2D eigenvalue weighted by Gasteiger charge is 2.16. The molecule has 0 spiro atoms. The van der Waals surface area contributed by atoms with E-state index in [2.05, 4.69) is 15.3 Å². The lowest BCUT2D eigenvalue weighted by Crippen LogP contribution is -2.14. The van der Waals surface area contributed by atoms with Crippen LogP contribution in [0.4, 0.5) is 5.13 Å². The number of nitrogens with zero attached hydrogens (tertiary/aromatic N) is 1. The van der Waals surface area contributed by atoms with Gasteiger partial charge in [-0.3, -0.25) is 4.79 Å². The van der Waals surface area contributed by atoms with E-state index in [1.54, 1.807) is 18.4 Å². The third-order valence-electron chi connectivity index (χ3n) is 4.67. The predicted octanol–water partition coefficient (Wildman–Crippen LogP) is 4.08. The summed E-state index contributed by atoms with van der Waals surface area (Å²) in [4.78, 5) is 21.6. The first-order chi connectivity index (χ1) is 12.2. The maximum Gasteiger partial charge on any atom is 0.230 e. The van der Waals surface area contributed by atoms with Gasteiger partial charge in [0, 0.05) is 22.0 Å². The molecule has 0 unspecified atom stereocenters. The molecule has 0 saturated heterocycles.